The summed E-state index contributed by atoms with van der Waals surface area (Å²) in [7, 11) is 0. The van der Waals surface area contributed by atoms with E-state index in [4.69, 9.17) is 14.2 Å². The lowest BCUT2D eigenvalue weighted by molar-refractivity contribution is -0.122. The third-order valence-corrected chi connectivity index (χ3v) is 6.86. The number of halogens is 1. The van der Waals surface area contributed by atoms with Crippen molar-refractivity contribution >= 4 is 45.5 Å². The van der Waals surface area contributed by atoms with E-state index in [1.54, 1.807) is 36.4 Å². The average molecular weight is 608 g/mol. The number of nitrogens with zero attached hydrogens (tertiary/aromatic N) is 1. The van der Waals surface area contributed by atoms with Crippen molar-refractivity contribution in [3.63, 3.8) is 0 Å². The van der Waals surface area contributed by atoms with Gasteiger partial charge < -0.3 is 14.2 Å². The van der Waals surface area contributed by atoms with Gasteiger partial charge in [-0.25, -0.2) is 9.69 Å². The third-order valence-electron chi connectivity index (χ3n) is 6.27. The number of imide groups is 2. The third kappa shape index (κ3) is 6.54. The topological polar surface area (TPSA) is 94.2 Å². The summed E-state index contributed by atoms with van der Waals surface area (Å²) >= 11 is 3.55. The van der Waals surface area contributed by atoms with Gasteiger partial charge in [0.1, 0.15) is 17.9 Å². The van der Waals surface area contributed by atoms with Gasteiger partial charge in [-0.05, 0) is 108 Å². The van der Waals surface area contributed by atoms with Crippen LogP contribution in [0.15, 0.2) is 64.6 Å². The van der Waals surface area contributed by atoms with Gasteiger partial charge in [0.25, 0.3) is 11.8 Å². The molecule has 1 aliphatic heterocycles. The number of carbonyl (C=O) groups excluding carboxylic acids is 3. The molecule has 4 amide bonds. The first kappa shape index (κ1) is 28.9. The van der Waals surface area contributed by atoms with Crippen molar-refractivity contribution in [2.75, 3.05) is 18.1 Å². The van der Waals surface area contributed by atoms with Crippen LogP contribution < -0.4 is 24.4 Å². The molecule has 1 fully saturated rings. The molecule has 1 heterocycles. The first-order valence-corrected chi connectivity index (χ1v) is 13.8. The van der Waals surface area contributed by atoms with Crippen LogP contribution in [-0.2, 0) is 16.2 Å². The highest BCUT2D eigenvalue weighted by molar-refractivity contribution is 9.10. The highest BCUT2D eigenvalue weighted by atomic mass is 79.9. The van der Waals surface area contributed by atoms with Gasteiger partial charge in [-0.15, -0.1) is 0 Å². The van der Waals surface area contributed by atoms with Crippen LogP contribution in [0.5, 0.6) is 17.2 Å². The molecule has 8 nitrogen and oxygen atoms in total. The second-order valence-corrected chi connectivity index (χ2v) is 10.1. The molecule has 208 valence electrons. The predicted octanol–water partition coefficient (Wildman–Crippen LogP) is 6.50. The van der Waals surface area contributed by atoms with E-state index in [9.17, 15) is 14.4 Å². The Labute approximate surface area is 242 Å². The van der Waals surface area contributed by atoms with Crippen LogP contribution in [0.3, 0.4) is 0 Å². The predicted molar refractivity (Wildman–Crippen MR) is 157 cm³/mol. The van der Waals surface area contributed by atoms with Gasteiger partial charge in [-0.1, -0.05) is 25.1 Å². The molecule has 0 unspecified atom stereocenters. The summed E-state index contributed by atoms with van der Waals surface area (Å²) in [6, 6.07) is 15.3. The van der Waals surface area contributed by atoms with Gasteiger partial charge in [0, 0.05) is 0 Å². The molecule has 0 radical (unpaired) electrons. The number of hydrogen-bond donors (Lipinski definition) is 1. The first-order chi connectivity index (χ1) is 19.2. The van der Waals surface area contributed by atoms with Crippen molar-refractivity contribution in [2.45, 2.75) is 40.7 Å². The zero-order valence-electron chi connectivity index (χ0n) is 22.9. The quantitative estimate of drug-likeness (QED) is 0.209. The second-order valence-electron chi connectivity index (χ2n) is 9.27. The maximum absolute atomic E-state index is 13.4. The number of hydrogen-bond acceptors (Lipinski definition) is 6. The number of ether oxygens (including phenoxy) is 3. The minimum atomic E-state index is -0.819. The normalized spacial score (nSPS) is 14.4. The average Bonchev–Trinajstić information content (AvgIpc) is 2.92. The minimum Gasteiger partial charge on any atom is -0.494 e. The molecule has 3 aromatic rings. The van der Waals surface area contributed by atoms with Gasteiger partial charge in [-0.2, -0.15) is 0 Å². The van der Waals surface area contributed by atoms with Crippen LogP contribution >= 0.6 is 15.9 Å². The zero-order valence-corrected chi connectivity index (χ0v) is 24.5. The fourth-order valence-electron chi connectivity index (χ4n) is 4.09. The summed E-state index contributed by atoms with van der Waals surface area (Å²) in [5, 5.41) is 2.25. The number of amides is 4. The van der Waals surface area contributed by atoms with Crippen molar-refractivity contribution in [1.29, 1.82) is 0 Å². The summed E-state index contributed by atoms with van der Waals surface area (Å²) in [6.07, 6.45) is 2.28. The molecule has 40 heavy (non-hydrogen) atoms. The number of aryl methyl sites for hydroxylation is 2. The van der Waals surface area contributed by atoms with Gasteiger partial charge >= 0.3 is 6.03 Å². The number of urea groups is 1. The Bertz CT molecular complexity index is 1470. The van der Waals surface area contributed by atoms with E-state index in [1.807, 2.05) is 19.9 Å². The van der Waals surface area contributed by atoms with Crippen LogP contribution in [0.1, 0.15) is 42.5 Å². The van der Waals surface area contributed by atoms with E-state index in [-0.39, 0.29) is 5.57 Å². The monoisotopic (exact) mass is 606 g/mol. The Morgan fingerprint density at radius 1 is 0.900 bits per heavy atom. The van der Waals surface area contributed by atoms with Crippen LogP contribution in [0.2, 0.25) is 0 Å². The van der Waals surface area contributed by atoms with E-state index < -0.39 is 17.8 Å². The first-order valence-electron chi connectivity index (χ1n) is 13.0. The number of rotatable bonds is 10. The molecule has 0 spiro atoms. The van der Waals surface area contributed by atoms with E-state index in [1.165, 1.54) is 17.2 Å². The SMILES string of the molecule is CCCOc1ccc(N2C(=O)NC(=O)/C(=C/c3cc(Br)c(OCc4ccc(C)c(C)c4)c(OCC)c3)C2=O)cc1. The number of benzene rings is 3. The largest absolute Gasteiger partial charge is 0.494 e. The lowest BCUT2D eigenvalue weighted by atomic mass is 10.1. The molecule has 1 N–H and O–H groups in total. The summed E-state index contributed by atoms with van der Waals surface area (Å²) in [6.45, 7) is 9.23. The van der Waals surface area contributed by atoms with Crippen molar-refractivity contribution in [2.24, 2.45) is 0 Å². The Hall–Kier alpha value is -4.11. The number of nitrogens with one attached hydrogen (secondary N) is 1. The fourth-order valence-corrected chi connectivity index (χ4v) is 4.67. The minimum absolute atomic E-state index is 0.191. The Morgan fingerprint density at radius 2 is 1.65 bits per heavy atom. The Kier molecular flexibility index (Phi) is 9.26. The van der Waals surface area contributed by atoms with Crippen LogP contribution in [-0.4, -0.2) is 31.1 Å². The van der Waals surface area contributed by atoms with Crippen molar-refractivity contribution in [1.82, 2.24) is 5.32 Å². The molecule has 0 atom stereocenters. The number of barbiturate groups is 1. The molecule has 1 saturated heterocycles. The maximum Gasteiger partial charge on any atom is 0.335 e. The standard InChI is InChI=1S/C31H31BrN2O6/c1-5-13-39-24-11-9-23(10-12-24)34-30(36)25(29(35)33-31(34)37)15-22-16-26(32)28(27(17-22)38-6-2)40-18-21-8-7-19(3)20(4)14-21/h7-12,14-17H,5-6,13,18H2,1-4H3,(H,33,35,37)/b25-15-. The van der Waals surface area contributed by atoms with Crippen molar-refractivity contribution < 1.29 is 28.6 Å². The lowest BCUT2D eigenvalue weighted by Gasteiger charge is -2.26. The Balaban J connectivity index is 1.61. The van der Waals surface area contributed by atoms with Crippen molar-refractivity contribution in [3.8, 4) is 17.2 Å². The van der Waals surface area contributed by atoms with E-state index >= 15 is 0 Å². The zero-order chi connectivity index (χ0) is 28.8. The van der Waals surface area contributed by atoms with E-state index in [2.05, 4.69) is 47.2 Å². The molecule has 0 bridgehead atoms. The summed E-state index contributed by atoms with van der Waals surface area (Å²) in [5.41, 5.74) is 4.04. The van der Waals surface area contributed by atoms with Crippen LogP contribution in [0.4, 0.5) is 10.5 Å². The van der Waals surface area contributed by atoms with Crippen LogP contribution in [0.25, 0.3) is 6.08 Å². The summed E-state index contributed by atoms with van der Waals surface area (Å²) in [4.78, 5) is 39.6. The highest BCUT2D eigenvalue weighted by Gasteiger charge is 2.37. The van der Waals surface area contributed by atoms with Crippen LogP contribution in [0, 0.1) is 13.8 Å². The highest BCUT2D eigenvalue weighted by Crippen LogP contribution is 2.38. The smallest absolute Gasteiger partial charge is 0.335 e. The molecule has 9 heteroatoms. The molecule has 4 rings (SSSR count). The molecular formula is C31H31BrN2O6. The molecule has 3 aromatic carbocycles. The Morgan fingerprint density at radius 3 is 2.33 bits per heavy atom. The molecular weight excluding hydrogens is 576 g/mol. The molecule has 0 aromatic heterocycles. The van der Waals surface area contributed by atoms with E-state index in [0.29, 0.717) is 52.8 Å². The summed E-state index contributed by atoms with van der Waals surface area (Å²) < 4.78 is 18.1. The van der Waals surface area contributed by atoms with Gasteiger partial charge in [0.05, 0.1) is 23.4 Å². The number of anilines is 1. The second kappa shape index (κ2) is 12.8. The maximum atomic E-state index is 13.4. The summed E-state index contributed by atoms with van der Waals surface area (Å²) in [5.74, 6) is 0.0597. The molecule has 1 aliphatic rings. The molecule has 0 saturated carbocycles. The molecule has 0 aliphatic carbocycles. The van der Waals surface area contributed by atoms with Gasteiger partial charge in [0.2, 0.25) is 0 Å². The van der Waals surface area contributed by atoms with Gasteiger partial charge in [-0.3, -0.25) is 14.9 Å². The number of carbonyl (C=O) groups is 3. The van der Waals surface area contributed by atoms with Crippen molar-refractivity contribution in [3.05, 3.63) is 86.9 Å². The van der Waals surface area contributed by atoms with Gasteiger partial charge in [0.15, 0.2) is 11.5 Å². The fraction of sp³-hybridized carbons (Fsp3) is 0.258. The lowest BCUT2D eigenvalue weighted by Crippen LogP contribution is -2.54. The van der Waals surface area contributed by atoms with E-state index in [0.717, 1.165) is 16.9 Å².